The minimum absolute atomic E-state index is 0.0416. The second-order valence-corrected chi connectivity index (χ2v) is 6.27. The molecule has 2 aliphatic carbocycles. The van der Waals surface area contributed by atoms with Crippen LogP contribution in [0.25, 0.3) is 0 Å². The zero-order valence-corrected chi connectivity index (χ0v) is 11.5. The highest BCUT2D eigenvalue weighted by Gasteiger charge is 2.67. The number of carbonyl (C=O) groups excluding carboxylic acids is 1. The number of phenolic OH excluding ortho intramolecular Hbond substituents is 1. The highest BCUT2D eigenvalue weighted by Crippen LogP contribution is 2.62. The molecule has 1 fully saturated rings. The Morgan fingerprint density at radius 3 is 2.85 bits per heavy atom. The van der Waals surface area contributed by atoms with E-state index in [9.17, 15) is 15.0 Å². The summed E-state index contributed by atoms with van der Waals surface area (Å²) in [4.78, 5) is 12.3. The van der Waals surface area contributed by atoms with Gasteiger partial charge in [0.2, 0.25) is 0 Å². The number of aliphatic hydroxyl groups is 1. The number of phenols is 1. The minimum Gasteiger partial charge on any atom is -0.504 e. The number of aryl methyl sites for hydroxylation is 1. The Kier molecular flexibility index (Phi) is 2.17. The topological polar surface area (TPSA) is 66.8 Å². The maximum atomic E-state index is 12.3. The van der Waals surface area contributed by atoms with Crippen molar-refractivity contribution in [1.29, 1.82) is 0 Å². The zero-order chi connectivity index (χ0) is 14.1. The number of ketones is 1. The van der Waals surface area contributed by atoms with Crippen molar-refractivity contribution in [3.8, 4) is 11.5 Å². The summed E-state index contributed by atoms with van der Waals surface area (Å²) in [5.74, 6) is 0.533. The molecule has 0 radical (unpaired) electrons. The van der Waals surface area contributed by atoms with Crippen molar-refractivity contribution in [2.45, 2.75) is 56.1 Å². The fraction of sp³-hybridized carbons (Fsp3) is 0.562. The zero-order valence-electron chi connectivity index (χ0n) is 11.5. The Bertz CT molecular complexity index is 623. The highest BCUT2D eigenvalue weighted by atomic mass is 16.5. The summed E-state index contributed by atoms with van der Waals surface area (Å²) in [6.07, 6.45) is 2.27. The van der Waals surface area contributed by atoms with E-state index < -0.39 is 17.1 Å². The van der Waals surface area contributed by atoms with Gasteiger partial charge in [-0.15, -0.1) is 0 Å². The van der Waals surface area contributed by atoms with Gasteiger partial charge >= 0.3 is 0 Å². The third-order valence-corrected chi connectivity index (χ3v) is 5.63. The van der Waals surface area contributed by atoms with Gasteiger partial charge in [0.05, 0.1) is 11.0 Å². The summed E-state index contributed by atoms with van der Waals surface area (Å²) in [7, 11) is 0. The molecule has 3 atom stereocenters. The molecular weight excluding hydrogens is 256 g/mol. The molecule has 1 heterocycles. The lowest BCUT2D eigenvalue weighted by Crippen LogP contribution is -2.64. The number of Topliss-reactive ketones (excluding diaryl/α,β-unsaturated/α-hetero) is 1. The van der Waals surface area contributed by atoms with E-state index in [4.69, 9.17) is 4.74 Å². The van der Waals surface area contributed by atoms with E-state index in [-0.39, 0.29) is 11.5 Å². The molecule has 0 amide bonds. The Morgan fingerprint density at radius 1 is 1.35 bits per heavy atom. The van der Waals surface area contributed by atoms with Gasteiger partial charge in [0.25, 0.3) is 0 Å². The second kappa shape index (κ2) is 3.55. The van der Waals surface area contributed by atoms with Crippen molar-refractivity contribution < 1.29 is 19.7 Å². The lowest BCUT2D eigenvalue weighted by atomic mass is 9.52. The Hall–Kier alpha value is -1.55. The molecule has 4 rings (SSSR count). The number of hydrogen-bond donors (Lipinski definition) is 2. The molecule has 106 valence electrons. The van der Waals surface area contributed by atoms with Crippen molar-refractivity contribution >= 4 is 5.78 Å². The van der Waals surface area contributed by atoms with Gasteiger partial charge in [-0.05, 0) is 37.3 Å². The molecular formula is C16H18O4. The van der Waals surface area contributed by atoms with E-state index in [1.807, 2.05) is 13.0 Å². The summed E-state index contributed by atoms with van der Waals surface area (Å²) in [6.45, 7) is 1.99. The molecule has 3 aliphatic rings. The van der Waals surface area contributed by atoms with Gasteiger partial charge < -0.3 is 14.9 Å². The van der Waals surface area contributed by atoms with Crippen molar-refractivity contribution in [3.63, 3.8) is 0 Å². The third-order valence-electron chi connectivity index (χ3n) is 5.63. The first-order chi connectivity index (χ1) is 9.53. The summed E-state index contributed by atoms with van der Waals surface area (Å²) in [6, 6.07) is 3.53. The first-order valence-corrected chi connectivity index (χ1v) is 7.30. The van der Waals surface area contributed by atoms with E-state index in [0.29, 0.717) is 31.4 Å². The maximum absolute atomic E-state index is 12.3. The molecule has 0 spiro atoms. The minimum atomic E-state index is -0.896. The SMILES string of the molecule is CC[C@@]12c3c4ccc(O)c3O[C@@H]1C(=O)CCC2(O)CC4. The molecule has 1 aromatic rings. The van der Waals surface area contributed by atoms with Crippen LogP contribution in [0.5, 0.6) is 11.5 Å². The summed E-state index contributed by atoms with van der Waals surface area (Å²) in [5, 5.41) is 21.3. The van der Waals surface area contributed by atoms with Crippen LogP contribution < -0.4 is 4.74 Å². The molecule has 4 nitrogen and oxygen atoms in total. The normalized spacial score (nSPS) is 37.5. The Labute approximate surface area is 117 Å². The van der Waals surface area contributed by atoms with Gasteiger partial charge in [-0.2, -0.15) is 0 Å². The van der Waals surface area contributed by atoms with Crippen LogP contribution in [-0.2, 0) is 16.6 Å². The van der Waals surface area contributed by atoms with E-state index in [1.54, 1.807) is 6.07 Å². The molecule has 1 unspecified atom stereocenters. The van der Waals surface area contributed by atoms with E-state index in [1.165, 1.54) is 0 Å². The Balaban J connectivity index is 2.07. The lowest BCUT2D eigenvalue weighted by molar-refractivity contribution is -0.153. The van der Waals surface area contributed by atoms with Crippen LogP contribution in [0.4, 0.5) is 0 Å². The van der Waals surface area contributed by atoms with Crippen LogP contribution in [0.1, 0.15) is 43.7 Å². The van der Waals surface area contributed by atoms with Gasteiger partial charge in [-0.25, -0.2) is 0 Å². The first kappa shape index (κ1) is 12.2. The largest absolute Gasteiger partial charge is 0.504 e. The van der Waals surface area contributed by atoms with Crippen LogP contribution >= 0.6 is 0 Å². The standard InChI is InChI=1S/C16H18O4/c1-2-16-12-9-3-4-10(17)13(12)20-14(16)11(18)6-8-15(16,19)7-5-9/h3-4,14,17,19H,2,5-8H2,1H3/t14-,15?,16-/m1/s1. The van der Waals surface area contributed by atoms with Crippen molar-refractivity contribution in [3.05, 3.63) is 23.3 Å². The van der Waals surface area contributed by atoms with Crippen LogP contribution in [-0.4, -0.2) is 27.7 Å². The molecule has 2 N–H and O–H groups in total. The van der Waals surface area contributed by atoms with Crippen molar-refractivity contribution in [1.82, 2.24) is 0 Å². The molecule has 0 saturated heterocycles. The smallest absolute Gasteiger partial charge is 0.174 e. The van der Waals surface area contributed by atoms with Gasteiger partial charge in [0.15, 0.2) is 23.4 Å². The highest BCUT2D eigenvalue weighted by molar-refractivity contribution is 5.89. The predicted molar refractivity (Wildman–Crippen MR) is 72.0 cm³/mol. The monoisotopic (exact) mass is 274 g/mol. The van der Waals surface area contributed by atoms with Crippen LogP contribution in [0.15, 0.2) is 12.1 Å². The number of benzene rings is 1. The summed E-state index contributed by atoms with van der Waals surface area (Å²) < 4.78 is 5.85. The van der Waals surface area contributed by atoms with Crippen LogP contribution in [0.2, 0.25) is 0 Å². The fourth-order valence-electron chi connectivity index (χ4n) is 4.66. The quantitative estimate of drug-likeness (QED) is 0.820. The molecule has 1 saturated carbocycles. The predicted octanol–water partition coefficient (Wildman–Crippen LogP) is 1.84. The van der Waals surface area contributed by atoms with Crippen molar-refractivity contribution in [2.24, 2.45) is 0 Å². The molecule has 1 aromatic carbocycles. The van der Waals surface area contributed by atoms with Gasteiger partial charge in [-0.3, -0.25) is 4.79 Å². The first-order valence-electron chi connectivity index (χ1n) is 7.30. The Morgan fingerprint density at radius 2 is 2.10 bits per heavy atom. The summed E-state index contributed by atoms with van der Waals surface area (Å²) in [5.41, 5.74) is 0.407. The van der Waals surface area contributed by atoms with E-state index in [2.05, 4.69) is 0 Å². The van der Waals surface area contributed by atoms with Crippen molar-refractivity contribution in [2.75, 3.05) is 0 Å². The molecule has 1 aliphatic heterocycles. The fourth-order valence-corrected chi connectivity index (χ4v) is 4.66. The second-order valence-electron chi connectivity index (χ2n) is 6.27. The third kappa shape index (κ3) is 1.11. The van der Waals surface area contributed by atoms with Gasteiger partial charge in [0.1, 0.15) is 0 Å². The molecule has 0 bridgehead atoms. The number of carbonyl (C=O) groups is 1. The van der Waals surface area contributed by atoms with Crippen LogP contribution in [0.3, 0.4) is 0 Å². The van der Waals surface area contributed by atoms with E-state index >= 15 is 0 Å². The van der Waals surface area contributed by atoms with Gasteiger partial charge in [0, 0.05) is 12.0 Å². The van der Waals surface area contributed by atoms with E-state index in [0.717, 1.165) is 17.5 Å². The molecule has 0 aromatic heterocycles. The van der Waals surface area contributed by atoms with Gasteiger partial charge in [-0.1, -0.05) is 13.0 Å². The van der Waals surface area contributed by atoms with Crippen LogP contribution in [0, 0.1) is 0 Å². The number of hydrogen-bond acceptors (Lipinski definition) is 4. The summed E-state index contributed by atoms with van der Waals surface area (Å²) >= 11 is 0. The molecule has 20 heavy (non-hydrogen) atoms. The average Bonchev–Trinajstić information content (AvgIpc) is 2.82. The number of rotatable bonds is 1. The average molecular weight is 274 g/mol. The number of ether oxygens (including phenoxy) is 1. The number of aromatic hydroxyl groups is 1. The molecule has 4 heteroatoms. The lowest BCUT2D eigenvalue weighted by Gasteiger charge is -2.52. The maximum Gasteiger partial charge on any atom is 0.174 e.